The lowest BCUT2D eigenvalue weighted by atomic mass is 9.86. The average Bonchev–Trinajstić information content (AvgIpc) is 2.34. The van der Waals surface area contributed by atoms with Crippen LogP contribution in [0.4, 0.5) is 0 Å². The molecule has 1 saturated heterocycles. The zero-order valence-corrected chi connectivity index (χ0v) is 10.4. The topological polar surface area (TPSA) is 55.8 Å². The van der Waals surface area contributed by atoms with Crippen LogP contribution < -0.4 is 0 Å². The van der Waals surface area contributed by atoms with Crippen LogP contribution in [0.15, 0.2) is 24.4 Å². The molecule has 0 N–H and O–H groups in total. The predicted molar refractivity (Wildman–Crippen MR) is 62.0 cm³/mol. The molecule has 94 valence electrons. The van der Waals surface area contributed by atoms with E-state index in [4.69, 9.17) is 0 Å². The molecule has 1 unspecified atom stereocenters. The fraction of sp³-hybridized carbons (Fsp3) is 0.500. The van der Waals surface area contributed by atoms with Crippen LogP contribution in [0.2, 0.25) is 0 Å². The van der Waals surface area contributed by atoms with Crippen LogP contribution in [-0.2, 0) is 19.1 Å². The van der Waals surface area contributed by atoms with Crippen molar-refractivity contribution in [2.45, 2.75) is 18.9 Å². The Kier molecular flexibility index (Phi) is 3.93. The van der Waals surface area contributed by atoms with Crippen LogP contribution >= 0.6 is 0 Å². The number of ether oxygens (including phenoxy) is 2. The Bertz CT molecular complexity index is 375. The summed E-state index contributed by atoms with van der Waals surface area (Å²) in [6, 6.07) is 0. The minimum Gasteiger partial charge on any atom is -0.466 e. The molecule has 0 bridgehead atoms. The summed E-state index contributed by atoms with van der Waals surface area (Å²) in [7, 11) is 2.54. The van der Waals surface area contributed by atoms with Gasteiger partial charge in [0.1, 0.15) is 5.70 Å². The van der Waals surface area contributed by atoms with Crippen molar-refractivity contribution in [3.63, 3.8) is 0 Å². The van der Waals surface area contributed by atoms with Gasteiger partial charge in [0, 0.05) is 6.54 Å². The smallest absolute Gasteiger partial charge is 0.354 e. The van der Waals surface area contributed by atoms with Gasteiger partial charge in [-0.1, -0.05) is 6.08 Å². The monoisotopic (exact) mass is 239 g/mol. The van der Waals surface area contributed by atoms with Gasteiger partial charge in [0.25, 0.3) is 0 Å². The van der Waals surface area contributed by atoms with E-state index in [2.05, 4.69) is 16.1 Å². The zero-order chi connectivity index (χ0) is 13.1. The van der Waals surface area contributed by atoms with Gasteiger partial charge in [-0.2, -0.15) is 0 Å². The van der Waals surface area contributed by atoms with Crippen LogP contribution in [0.25, 0.3) is 0 Å². The van der Waals surface area contributed by atoms with Crippen LogP contribution in [0.3, 0.4) is 0 Å². The first-order chi connectivity index (χ1) is 7.98. The molecular formula is C12H17NO4. The third-order valence-electron chi connectivity index (χ3n) is 3.04. The first kappa shape index (κ1) is 13.3. The summed E-state index contributed by atoms with van der Waals surface area (Å²) >= 11 is 0. The van der Waals surface area contributed by atoms with Gasteiger partial charge in [0.2, 0.25) is 0 Å². The standard InChI is InChI=1S/C12H17NO4/c1-5-12(2)6-7-13(12)9(11(15)17-4)8-10(14)16-3/h5,8H,1,6-7H2,2-4H3/b9-8+. The Morgan fingerprint density at radius 2 is 2.00 bits per heavy atom. The predicted octanol–water partition coefficient (Wildman–Crippen LogP) is 0.867. The van der Waals surface area contributed by atoms with Crippen LogP contribution in [0.5, 0.6) is 0 Å². The van der Waals surface area contributed by atoms with Crippen molar-refractivity contribution in [2.75, 3.05) is 20.8 Å². The van der Waals surface area contributed by atoms with Crippen molar-refractivity contribution in [1.29, 1.82) is 0 Å². The summed E-state index contributed by atoms with van der Waals surface area (Å²) in [5.41, 5.74) is -0.110. The molecule has 0 aromatic rings. The number of methoxy groups -OCH3 is 2. The van der Waals surface area contributed by atoms with Crippen molar-refractivity contribution in [1.82, 2.24) is 4.90 Å². The summed E-state index contributed by atoms with van der Waals surface area (Å²) in [6.07, 6.45) is 3.78. The van der Waals surface area contributed by atoms with E-state index in [-0.39, 0.29) is 11.2 Å². The number of carbonyl (C=O) groups is 2. The largest absolute Gasteiger partial charge is 0.466 e. The molecule has 1 aliphatic rings. The molecule has 1 atom stereocenters. The number of nitrogens with zero attached hydrogens (tertiary/aromatic N) is 1. The van der Waals surface area contributed by atoms with Crippen molar-refractivity contribution in [3.8, 4) is 0 Å². The number of hydrogen-bond acceptors (Lipinski definition) is 5. The quantitative estimate of drug-likeness (QED) is 0.414. The van der Waals surface area contributed by atoms with Gasteiger partial charge in [-0.25, -0.2) is 9.59 Å². The van der Waals surface area contributed by atoms with E-state index in [0.29, 0.717) is 6.54 Å². The molecule has 0 radical (unpaired) electrons. The lowest BCUT2D eigenvalue weighted by Crippen LogP contribution is -2.57. The van der Waals surface area contributed by atoms with Crippen LogP contribution in [-0.4, -0.2) is 43.1 Å². The van der Waals surface area contributed by atoms with Crippen molar-refractivity contribution in [3.05, 3.63) is 24.4 Å². The molecule has 5 heteroatoms. The Balaban J connectivity index is 3.00. The molecule has 1 aliphatic heterocycles. The molecule has 1 fully saturated rings. The Morgan fingerprint density at radius 3 is 2.35 bits per heavy atom. The molecule has 1 rings (SSSR count). The number of likely N-dealkylation sites (tertiary alicyclic amines) is 1. The van der Waals surface area contributed by atoms with Crippen molar-refractivity contribution in [2.24, 2.45) is 0 Å². The molecule has 0 amide bonds. The van der Waals surface area contributed by atoms with Crippen molar-refractivity contribution >= 4 is 11.9 Å². The molecule has 0 saturated carbocycles. The third-order valence-corrected chi connectivity index (χ3v) is 3.04. The van der Waals surface area contributed by atoms with E-state index in [1.807, 2.05) is 6.92 Å². The van der Waals surface area contributed by atoms with E-state index >= 15 is 0 Å². The molecular weight excluding hydrogens is 222 g/mol. The highest BCUT2D eigenvalue weighted by Crippen LogP contribution is 2.35. The summed E-state index contributed by atoms with van der Waals surface area (Å²) < 4.78 is 9.18. The van der Waals surface area contributed by atoms with Crippen LogP contribution in [0.1, 0.15) is 13.3 Å². The van der Waals surface area contributed by atoms with Crippen LogP contribution in [0, 0.1) is 0 Å². The molecule has 0 aromatic heterocycles. The molecule has 1 heterocycles. The van der Waals surface area contributed by atoms with Gasteiger partial charge in [0.15, 0.2) is 0 Å². The summed E-state index contributed by atoms with van der Waals surface area (Å²) in [4.78, 5) is 24.6. The van der Waals surface area contributed by atoms with Gasteiger partial charge < -0.3 is 14.4 Å². The molecule has 0 spiro atoms. The summed E-state index contributed by atoms with van der Waals surface area (Å²) in [5.74, 6) is -1.13. The highest BCUT2D eigenvalue weighted by atomic mass is 16.5. The zero-order valence-electron chi connectivity index (χ0n) is 10.4. The maximum atomic E-state index is 11.6. The van der Waals surface area contributed by atoms with Gasteiger partial charge in [-0.3, -0.25) is 0 Å². The minimum atomic E-state index is -0.580. The molecule has 0 aromatic carbocycles. The van der Waals surface area contributed by atoms with Gasteiger partial charge >= 0.3 is 11.9 Å². The number of carbonyl (C=O) groups excluding carboxylic acids is 2. The lowest BCUT2D eigenvalue weighted by Gasteiger charge is -2.50. The van der Waals surface area contributed by atoms with E-state index in [1.165, 1.54) is 14.2 Å². The Hall–Kier alpha value is -1.78. The van der Waals surface area contributed by atoms with Gasteiger partial charge in [-0.15, -0.1) is 6.58 Å². The minimum absolute atomic E-state index is 0.202. The SMILES string of the molecule is C=CC1(C)CCN1/C(=C/C(=O)OC)C(=O)OC. The van der Waals surface area contributed by atoms with E-state index in [9.17, 15) is 9.59 Å². The Morgan fingerprint density at radius 1 is 1.35 bits per heavy atom. The third kappa shape index (κ3) is 2.49. The van der Waals surface area contributed by atoms with E-state index in [0.717, 1.165) is 12.5 Å². The lowest BCUT2D eigenvalue weighted by molar-refractivity contribution is -0.141. The molecule has 5 nitrogen and oxygen atoms in total. The number of esters is 2. The highest BCUT2D eigenvalue weighted by Gasteiger charge is 2.41. The second-order valence-corrected chi connectivity index (χ2v) is 4.01. The molecule has 17 heavy (non-hydrogen) atoms. The van der Waals surface area contributed by atoms with E-state index in [1.54, 1.807) is 11.0 Å². The fourth-order valence-electron chi connectivity index (χ4n) is 1.71. The first-order valence-electron chi connectivity index (χ1n) is 5.27. The normalized spacial score (nSPS) is 23.7. The maximum absolute atomic E-state index is 11.6. The van der Waals surface area contributed by atoms with Crippen molar-refractivity contribution < 1.29 is 19.1 Å². The van der Waals surface area contributed by atoms with Gasteiger partial charge in [-0.05, 0) is 13.3 Å². The Labute approximate surface area is 101 Å². The summed E-state index contributed by atoms with van der Waals surface area (Å²) in [6.45, 7) is 6.36. The first-order valence-corrected chi connectivity index (χ1v) is 5.27. The maximum Gasteiger partial charge on any atom is 0.354 e. The second-order valence-electron chi connectivity index (χ2n) is 4.01. The number of rotatable bonds is 4. The highest BCUT2D eigenvalue weighted by molar-refractivity contribution is 5.96. The fourth-order valence-corrected chi connectivity index (χ4v) is 1.71. The molecule has 0 aliphatic carbocycles. The average molecular weight is 239 g/mol. The second kappa shape index (κ2) is 5.03. The van der Waals surface area contributed by atoms with Gasteiger partial charge in [0.05, 0.1) is 25.8 Å². The number of hydrogen-bond donors (Lipinski definition) is 0. The van der Waals surface area contributed by atoms with E-state index < -0.39 is 11.9 Å². The summed E-state index contributed by atoms with van der Waals surface area (Å²) in [5, 5.41) is 0.